The maximum absolute atomic E-state index is 11.7. The Morgan fingerprint density at radius 1 is 1.17 bits per heavy atom. The Bertz CT molecular complexity index is 317. The number of amides is 1. The van der Waals surface area contributed by atoms with Gasteiger partial charge in [-0.2, -0.15) is 0 Å². The molecule has 5 heteroatoms. The minimum absolute atomic E-state index is 0.00140. The molecule has 1 amide bonds. The molecule has 0 aromatic rings. The minimum atomic E-state index is -1.10. The molecule has 0 rings (SSSR count). The molecule has 0 aromatic carbocycles. The number of hydrogen-bond acceptors (Lipinski definition) is 3. The summed E-state index contributed by atoms with van der Waals surface area (Å²) in [5, 5.41) is 11.4. The molecule has 0 aliphatic carbocycles. The van der Waals surface area contributed by atoms with E-state index in [0.717, 1.165) is 0 Å². The molecule has 2 N–H and O–H groups in total. The lowest BCUT2D eigenvalue weighted by molar-refractivity contribution is -0.142. The molecule has 0 aliphatic rings. The molecular weight excluding hydrogens is 234 g/mol. The predicted molar refractivity (Wildman–Crippen MR) is 68.2 cm³/mol. The average Bonchev–Trinajstić information content (AvgIpc) is 2.22. The summed E-state index contributed by atoms with van der Waals surface area (Å²) < 4.78 is 0. The van der Waals surface area contributed by atoms with Crippen LogP contribution < -0.4 is 5.32 Å². The summed E-state index contributed by atoms with van der Waals surface area (Å²) in [6.07, 6.45) is 1.27. The first-order chi connectivity index (χ1) is 8.18. The van der Waals surface area contributed by atoms with E-state index in [4.69, 9.17) is 5.11 Å². The van der Waals surface area contributed by atoms with Gasteiger partial charge in [-0.25, -0.2) is 4.79 Å². The highest BCUT2D eigenvalue weighted by Gasteiger charge is 2.25. The van der Waals surface area contributed by atoms with Gasteiger partial charge in [-0.1, -0.05) is 27.7 Å². The summed E-state index contributed by atoms with van der Waals surface area (Å²) in [6.45, 7) is 7.22. The average molecular weight is 257 g/mol. The van der Waals surface area contributed by atoms with Crippen LogP contribution in [0.3, 0.4) is 0 Å². The maximum Gasteiger partial charge on any atom is 0.326 e. The van der Waals surface area contributed by atoms with Crippen molar-refractivity contribution in [3.63, 3.8) is 0 Å². The van der Waals surface area contributed by atoms with Crippen molar-refractivity contribution < 1.29 is 19.5 Å². The van der Waals surface area contributed by atoms with E-state index in [1.165, 1.54) is 0 Å². The van der Waals surface area contributed by atoms with Crippen LogP contribution in [-0.4, -0.2) is 28.8 Å². The van der Waals surface area contributed by atoms with Crippen LogP contribution >= 0.6 is 0 Å². The predicted octanol–water partition coefficient (Wildman–Crippen LogP) is 1.75. The van der Waals surface area contributed by atoms with Crippen LogP contribution in [0.25, 0.3) is 0 Å². The molecule has 0 radical (unpaired) electrons. The highest BCUT2D eigenvalue weighted by Crippen LogP contribution is 2.18. The number of hydrogen-bond donors (Lipinski definition) is 2. The van der Waals surface area contributed by atoms with Crippen LogP contribution in [0.4, 0.5) is 0 Å². The van der Waals surface area contributed by atoms with Crippen molar-refractivity contribution in [1.29, 1.82) is 0 Å². The van der Waals surface area contributed by atoms with E-state index < -0.39 is 17.4 Å². The van der Waals surface area contributed by atoms with Crippen LogP contribution in [0.15, 0.2) is 0 Å². The standard InChI is InChI=1S/C13H23NO4/c1-5-6-11(16)14-9(12(17)18)7-8-10(15)13(2,3)4/h9H,5-8H2,1-4H3,(H,14,16)(H,17,18). The number of rotatable bonds is 7. The van der Waals surface area contributed by atoms with Crippen LogP contribution in [0, 0.1) is 5.41 Å². The summed E-state index contributed by atoms with van der Waals surface area (Å²) in [5.41, 5.74) is -0.476. The highest BCUT2D eigenvalue weighted by molar-refractivity contribution is 5.86. The van der Waals surface area contributed by atoms with Gasteiger partial charge >= 0.3 is 5.97 Å². The summed E-state index contributed by atoms with van der Waals surface area (Å²) >= 11 is 0. The molecule has 0 spiro atoms. The van der Waals surface area contributed by atoms with Gasteiger partial charge in [0.05, 0.1) is 0 Å². The molecule has 1 atom stereocenters. The van der Waals surface area contributed by atoms with E-state index in [1.807, 2.05) is 6.92 Å². The van der Waals surface area contributed by atoms with Crippen LogP contribution in [0.5, 0.6) is 0 Å². The molecule has 0 bridgehead atoms. The monoisotopic (exact) mass is 257 g/mol. The van der Waals surface area contributed by atoms with E-state index in [2.05, 4.69) is 5.32 Å². The van der Waals surface area contributed by atoms with E-state index in [1.54, 1.807) is 20.8 Å². The Morgan fingerprint density at radius 3 is 2.11 bits per heavy atom. The molecule has 0 aliphatic heterocycles. The maximum atomic E-state index is 11.7. The molecule has 0 saturated carbocycles. The smallest absolute Gasteiger partial charge is 0.326 e. The molecular formula is C13H23NO4. The summed E-state index contributed by atoms with van der Waals surface area (Å²) in [4.78, 5) is 34.0. The van der Waals surface area contributed by atoms with Gasteiger partial charge in [0, 0.05) is 18.3 Å². The number of carbonyl (C=O) groups is 3. The van der Waals surface area contributed by atoms with Crippen molar-refractivity contribution in [2.45, 2.75) is 59.4 Å². The van der Waals surface area contributed by atoms with E-state index in [0.29, 0.717) is 12.8 Å². The van der Waals surface area contributed by atoms with E-state index in [9.17, 15) is 14.4 Å². The fourth-order valence-electron chi connectivity index (χ4n) is 1.40. The zero-order valence-electron chi connectivity index (χ0n) is 11.6. The van der Waals surface area contributed by atoms with Crippen LogP contribution in [0.2, 0.25) is 0 Å². The third-order valence-corrected chi connectivity index (χ3v) is 2.61. The third kappa shape index (κ3) is 6.37. The topological polar surface area (TPSA) is 83.5 Å². The van der Waals surface area contributed by atoms with Crippen molar-refractivity contribution >= 4 is 17.7 Å². The number of aliphatic carboxylic acids is 1. The van der Waals surface area contributed by atoms with Crippen molar-refractivity contribution in [3.8, 4) is 0 Å². The highest BCUT2D eigenvalue weighted by atomic mass is 16.4. The molecule has 0 aromatic heterocycles. The zero-order valence-corrected chi connectivity index (χ0v) is 11.6. The minimum Gasteiger partial charge on any atom is -0.480 e. The number of carboxylic acids is 1. The van der Waals surface area contributed by atoms with E-state index in [-0.39, 0.29) is 24.5 Å². The largest absolute Gasteiger partial charge is 0.480 e. The molecule has 0 saturated heterocycles. The molecule has 18 heavy (non-hydrogen) atoms. The number of carboxylic acid groups (broad SMARTS) is 1. The molecule has 5 nitrogen and oxygen atoms in total. The molecule has 1 unspecified atom stereocenters. The Hall–Kier alpha value is -1.39. The van der Waals surface area contributed by atoms with Gasteiger partial charge in [-0.15, -0.1) is 0 Å². The van der Waals surface area contributed by atoms with Crippen LogP contribution in [-0.2, 0) is 14.4 Å². The summed E-state index contributed by atoms with van der Waals surface area (Å²) in [6, 6.07) is -0.977. The lowest BCUT2D eigenvalue weighted by Gasteiger charge is -2.19. The lowest BCUT2D eigenvalue weighted by Crippen LogP contribution is -2.41. The second-order valence-electron chi connectivity index (χ2n) is 5.42. The van der Waals surface area contributed by atoms with Gasteiger partial charge in [-0.05, 0) is 12.8 Å². The van der Waals surface area contributed by atoms with Gasteiger partial charge in [0.15, 0.2) is 0 Å². The molecule has 104 valence electrons. The van der Waals surface area contributed by atoms with Crippen LogP contribution in [0.1, 0.15) is 53.4 Å². The Kier molecular flexibility index (Phi) is 6.58. The number of Topliss-reactive ketones (excluding diaryl/α,β-unsaturated/α-hetero) is 1. The van der Waals surface area contributed by atoms with Gasteiger partial charge in [-0.3, -0.25) is 9.59 Å². The first-order valence-corrected chi connectivity index (χ1v) is 6.24. The summed E-state index contributed by atoms with van der Waals surface area (Å²) in [5.74, 6) is -1.38. The Morgan fingerprint density at radius 2 is 1.72 bits per heavy atom. The second kappa shape index (κ2) is 7.13. The Labute approximate surface area is 108 Å². The quantitative estimate of drug-likeness (QED) is 0.727. The van der Waals surface area contributed by atoms with Crippen molar-refractivity contribution in [1.82, 2.24) is 5.32 Å². The zero-order chi connectivity index (χ0) is 14.3. The van der Waals surface area contributed by atoms with Gasteiger partial charge in [0.1, 0.15) is 11.8 Å². The second-order valence-corrected chi connectivity index (χ2v) is 5.42. The number of carbonyl (C=O) groups excluding carboxylic acids is 2. The van der Waals surface area contributed by atoms with Crippen molar-refractivity contribution in [2.24, 2.45) is 5.41 Å². The fraction of sp³-hybridized carbons (Fsp3) is 0.769. The first kappa shape index (κ1) is 16.6. The Balaban J connectivity index is 4.34. The SMILES string of the molecule is CCCC(=O)NC(CCC(=O)C(C)(C)C)C(=O)O. The number of nitrogens with one attached hydrogen (secondary N) is 1. The van der Waals surface area contributed by atoms with E-state index >= 15 is 0 Å². The normalized spacial score (nSPS) is 12.9. The number of ketones is 1. The third-order valence-electron chi connectivity index (χ3n) is 2.61. The first-order valence-electron chi connectivity index (χ1n) is 6.24. The van der Waals surface area contributed by atoms with Crippen molar-refractivity contribution in [2.75, 3.05) is 0 Å². The van der Waals surface area contributed by atoms with Crippen molar-refractivity contribution in [3.05, 3.63) is 0 Å². The van der Waals surface area contributed by atoms with Gasteiger partial charge in [0.2, 0.25) is 5.91 Å². The molecule has 0 heterocycles. The van der Waals surface area contributed by atoms with Gasteiger partial charge < -0.3 is 10.4 Å². The fourth-order valence-corrected chi connectivity index (χ4v) is 1.40. The van der Waals surface area contributed by atoms with Gasteiger partial charge in [0.25, 0.3) is 0 Å². The lowest BCUT2D eigenvalue weighted by atomic mass is 9.87. The summed E-state index contributed by atoms with van der Waals surface area (Å²) in [7, 11) is 0. The molecule has 0 fully saturated rings.